The van der Waals surface area contributed by atoms with Crippen LogP contribution < -0.4 is 14.7 Å². The zero-order valence-corrected chi connectivity index (χ0v) is 37.6. The Kier molecular flexibility index (Phi) is 31.8. The molecule has 8 atom stereocenters. The van der Waals surface area contributed by atoms with Crippen LogP contribution in [0, 0.1) is 0 Å². The second-order valence-corrected chi connectivity index (χ2v) is 18.5. The average molecular weight is 888 g/mol. The summed E-state index contributed by atoms with van der Waals surface area (Å²) in [6.45, 7) is 2.97. The molecular formula is C41H77O16P2-3. The topological polar surface area (TPSA) is 265 Å². The van der Waals surface area contributed by atoms with E-state index in [4.69, 9.17) is 18.5 Å². The highest BCUT2D eigenvalue weighted by Crippen LogP contribution is 2.45. The van der Waals surface area contributed by atoms with Gasteiger partial charge >= 0.3 is 11.9 Å². The molecule has 350 valence electrons. The van der Waals surface area contributed by atoms with Crippen molar-refractivity contribution >= 4 is 27.6 Å². The Morgan fingerprint density at radius 1 is 0.492 bits per heavy atom. The molecule has 0 bridgehead atoms. The van der Waals surface area contributed by atoms with E-state index in [1.807, 2.05) is 0 Å². The summed E-state index contributed by atoms with van der Waals surface area (Å²) < 4.78 is 48.3. The lowest BCUT2D eigenvalue weighted by atomic mass is 9.85. The standard InChI is InChI=1S/C41H80O16P2/c1-3-5-7-9-11-13-15-17-19-21-23-25-27-29-34(42)53-31-33(55-35(43)30-28-26-24-22-20-18-16-14-12-10-8-6-4-2)32-54-59(51,52)57-41-38(46)36(44)37(45)40(39(41)47)56-58(48,49)50/h33,36-41,44-47H,3-32H2,1-2H3,(H,51,52)(H2,48,49,50)/p-3/t33-,36-,37-,38-,39-,40+,41-/m1/s1. The van der Waals surface area contributed by atoms with Gasteiger partial charge in [0.1, 0.15) is 43.2 Å². The van der Waals surface area contributed by atoms with Crippen LogP contribution in [0.1, 0.15) is 194 Å². The number of esters is 2. The molecule has 0 heterocycles. The second kappa shape index (κ2) is 33.5. The molecule has 1 fully saturated rings. The maximum Gasteiger partial charge on any atom is 0.306 e. The van der Waals surface area contributed by atoms with E-state index < -0.39 is 83.5 Å². The van der Waals surface area contributed by atoms with Crippen molar-refractivity contribution in [2.75, 3.05) is 13.2 Å². The molecule has 1 aliphatic carbocycles. The Balaban J connectivity index is 2.61. The third kappa shape index (κ3) is 28.3. The molecule has 1 unspecified atom stereocenters. The fourth-order valence-corrected chi connectivity index (χ4v) is 8.63. The van der Waals surface area contributed by atoms with Crippen LogP contribution in [0.5, 0.6) is 0 Å². The predicted octanol–water partition coefficient (Wildman–Crippen LogP) is 5.95. The maximum atomic E-state index is 12.8. The van der Waals surface area contributed by atoms with Crippen molar-refractivity contribution < 1.29 is 76.9 Å². The fourth-order valence-electron chi connectivity index (χ4n) is 7.13. The number of aliphatic hydroxyl groups is 4. The monoisotopic (exact) mass is 887 g/mol. The van der Waals surface area contributed by atoms with Gasteiger partial charge in [0.25, 0.3) is 7.82 Å². The molecule has 0 aromatic heterocycles. The lowest BCUT2D eigenvalue weighted by molar-refractivity contribution is -0.353. The van der Waals surface area contributed by atoms with Crippen LogP contribution in [0.2, 0.25) is 0 Å². The first-order chi connectivity index (χ1) is 28.1. The minimum atomic E-state index is -5.87. The third-order valence-corrected chi connectivity index (χ3v) is 12.1. The molecule has 59 heavy (non-hydrogen) atoms. The van der Waals surface area contributed by atoms with Crippen LogP contribution in [-0.2, 0) is 41.8 Å². The summed E-state index contributed by atoms with van der Waals surface area (Å²) in [6, 6.07) is 0. The maximum absolute atomic E-state index is 12.8. The normalized spacial score (nSPS) is 22.5. The summed E-state index contributed by atoms with van der Waals surface area (Å²) in [4.78, 5) is 60.4. The minimum Gasteiger partial charge on any atom is -0.790 e. The first kappa shape index (κ1) is 56.0. The van der Waals surface area contributed by atoms with Gasteiger partial charge in [-0.2, -0.15) is 0 Å². The van der Waals surface area contributed by atoms with E-state index in [0.29, 0.717) is 12.8 Å². The molecule has 1 aliphatic rings. The molecule has 0 aliphatic heterocycles. The molecule has 1 rings (SSSR count). The Hall–Kier alpha value is -1.00. The van der Waals surface area contributed by atoms with Gasteiger partial charge in [-0.15, -0.1) is 0 Å². The molecule has 18 heteroatoms. The molecule has 16 nitrogen and oxygen atoms in total. The number of phosphoric acid groups is 2. The smallest absolute Gasteiger partial charge is 0.306 e. The SMILES string of the molecule is CCCCCCCCCCCCCCCC(=O)OC[C@H](COP(=O)([O-])O[C@H]1[C@H](O)[C@@H](OP(=O)([O-])[O-])[C@H](O)[C@@H](O)[C@H]1O)OC(=O)CCCCCCCCCCCCCCC. The second-order valence-electron chi connectivity index (χ2n) is 16.1. The van der Waals surface area contributed by atoms with Crippen LogP contribution in [0.15, 0.2) is 0 Å². The van der Waals surface area contributed by atoms with Crippen molar-refractivity contribution in [1.29, 1.82) is 0 Å². The van der Waals surface area contributed by atoms with Gasteiger partial charge in [0.15, 0.2) is 6.10 Å². The predicted molar refractivity (Wildman–Crippen MR) is 216 cm³/mol. The van der Waals surface area contributed by atoms with Crippen molar-refractivity contribution in [3.63, 3.8) is 0 Å². The largest absolute Gasteiger partial charge is 0.790 e. The number of ether oxygens (including phenoxy) is 2. The number of unbranched alkanes of at least 4 members (excludes halogenated alkanes) is 24. The average Bonchev–Trinajstić information content (AvgIpc) is 3.18. The number of phosphoric ester groups is 2. The van der Waals surface area contributed by atoms with Crippen LogP contribution in [0.25, 0.3) is 0 Å². The lowest BCUT2D eigenvalue weighted by Crippen LogP contribution is -2.65. The van der Waals surface area contributed by atoms with E-state index in [9.17, 15) is 53.8 Å². The summed E-state index contributed by atoms with van der Waals surface area (Å²) >= 11 is 0. The summed E-state index contributed by atoms with van der Waals surface area (Å²) in [5.74, 6) is -1.25. The van der Waals surface area contributed by atoms with Crippen molar-refractivity contribution in [1.82, 2.24) is 0 Å². The quantitative estimate of drug-likeness (QED) is 0.0317. The van der Waals surface area contributed by atoms with Gasteiger partial charge in [-0.25, -0.2) is 0 Å². The summed E-state index contributed by atoms with van der Waals surface area (Å²) in [6.07, 6.45) is 14.0. The van der Waals surface area contributed by atoms with Crippen molar-refractivity contribution in [3.05, 3.63) is 0 Å². The number of hydrogen-bond acceptors (Lipinski definition) is 16. The van der Waals surface area contributed by atoms with Gasteiger partial charge in [0.05, 0.1) is 14.4 Å². The first-order valence-corrected chi connectivity index (χ1v) is 25.5. The number of hydrogen-bond donors (Lipinski definition) is 4. The Labute approximate surface area is 353 Å². The molecular weight excluding hydrogens is 810 g/mol. The zero-order valence-electron chi connectivity index (χ0n) is 35.8. The molecule has 0 aromatic carbocycles. The van der Waals surface area contributed by atoms with Gasteiger partial charge in [0.2, 0.25) is 0 Å². The highest BCUT2D eigenvalue weighted by molar-refractivity contribution is 7.45. The molecule has 1 saturated carbocycles. The van der Waals surface area contributed by atoms with Gasteiger partial charge in [-0.3, -0.25) is 14.2 Å². The van der Waals surface area contributed by atoms with Crippen LogP contribution in [0.3, 0.4) is 0 Å². The Morgan fingerprint density at radius 3 is 1.24 bits per heavy atom. The van der Waals surface area contributed by atoms with Crippen molar-refractivity contribution in [3.8, 4) is 0 Å². The van der Waals surface area contributed by atoms with Crippen LogP contribution in [-0.4, -0.2) is 88.3 Å². The zero-order chi connectivity index (χ0) is 43.9. The lowest BCUT2D eigenvalue weighted by Gasteiger charge is -2.47. The molecule has 0 radical (unpaired) electrons. The molecule has 0 amide bonds. The summed E-state index contributed by atoms with van der Waals surface area (Å²) in [5, 5.41) is 40.9. The van der Waals surface area contributed by atoms with Gasteiger partial charge in [-0.05, 0) is 12.8 Å². The van der Waals surface area contributed by atoms with Crippen LogP contribution >= 0.6 is 15.6 Å². The van der Waals surface area contributed by atoms with E-state index in [-0.39, 0.29) is 12.8 Å². The highest BCUT2D eigenvalue weighted by Gasteiger charge is 2.51. The van der Waals surface area contributed by atoms with Crippen LogP contribution in [0.4, 0.5) is 0 Å². The number of aliphatic hydroxyl groups excluding tert-OH is 4. The van der Waals surface area contributed by atoms with Gasteiger partial charge < -0.3 is 62.7 Å². The van der Waals surface area contributed by atoms with E-state index in [1.54, 1.807) is 0 Å². The summed E-state index contributed by atoms with van der Waals surface area (Å²) in [5.41, 5.74) is 0. The fraction of sp³-hybridized carbons (Fsp3) is 0.951. The minimum absolute atomic E-state index is 0.0258. The molecule has 0 aromatic rings. The van der Waals surface area contributed by atoms with Gasteiger partial charge in [0, 0.05) is 12.8 Å². The first-order valence-electron chi connectivity index (χ1n) is 22.5. The number of carbonyl (C=O) groups excluding carboxylic acids is 2. The third-order valence-electron chi connectivity index (χ3n) is 10.7. The molecule has 0 saturated heterocycles. The Morgan fingerprint density at radius 2 is 0.847 bits per heavy atom. The van der Waals surface area contributed by atoms with E-state index >= 15 is 0 Å². The van der Waals surface area contributed by atoms with Gasteiger partial charge in [-0.1, -0.05) is 168 Å². The molecule has 4 N–H and O–H groups in total. The van der Waals surface area contributed by atoms with Crippen molar-refractivity contribution in [2.24, 2.45) is 0 Å². The van der Waals surface area contributed by atoms with E-state index in [2.05, 4.69) is 18.4 Å². The highest BCUT2D eigenvalue weighted by atomic mass is 31.2. The molecule has 0 spiro atoms. The Bertz CT molecular complexity index is 1170. The van der Waals surface area contributed by atoms with E-state index in [1.165, 1.54) is 103 Å². The summed E-state index contributed by atoms with van der Waals surface area (Å²) in [7, 11) is -11.4. The van der Waals surface area contributed by atoms with Crippen molar-refractivity contribution in [2.45, 2.75) is 236 Å². The number of carbonyl (C=O) groups is 2. The van der Waals surface area contributed by atoms with E-state index in [0.717, 1.165) is 51.4 Å². The number of rotatable bonds is 38.